The minimum atomic E-state index is 0.0683. The minimum absolute atomic E-state index is 0.0683. The topological polar surface area (TPSA) is 58.6 Å². The Hall–Kier alpha value is -2.93. The Morgan fingerprint density at radius 3 is 2.62 bits per heavy atom. The highest BCUT2D eigenvalue weighted by molar-refractivity contribution is 7.17. The van der Waals surface area contributed by atoms with E-state index in [1.165, 1.54) is 11.3 Å². The monoisotopic (exact) mass is 408 g/mol. The van der Waals surface area contributed by atoms with E-state index in [9.17, 15) is 4.79 Å². The zero-order valence-electron chi connectivity index (χ0n) is 16.7. The third-order valence-electron chi connectivity index (χ3n) is 5.10. The first-order valence-electron chi connectivity index (χ1n) is 9.73. The summed E-state index contributed by atoms with van der Waals surface area (Å²) in [5, 5.41) is 0.793. The normalized spacial score (nSPS) is 14.6. The molecule has 0 spiro atoms. The molecule has 1 aromatic carbocycles. The number of carbonyl (C=O) groups is 1. The number of ether oxygens (including phenoxy) is 1. The Bertz CT molecular complexity index is 972. The molecule has 0 atom stereocenters. The molecule has 4 rings (SSSR count). The van der Waals surface area contributed by atoms with Crippen LogP contribution in [0, 0.1) is 6.92 Å². The van der Waals surface area contributed by atoms with Gasteiger partial charge >= 0.3 is 0 Å². The van der Waals surface area contributed by atoms with Crippen LogP contribution in [0.4, 0.5) is 5.69 Å². The number of hydrogen-bond donors (Lipinski definition) is 0. The molecular formula is C22H24N4O2S. The van der Waals surface area contributed by atoms with Crippen molar-refractivity contribution in [2.24, 2.45) is 0 Å². The number of amides is 1. The molecule has 1 fully saturated rings. The average molecular weight is 409 g/mol. The van der Waals surface area contributed by atoms with Crippen molar-refractivity contribution >= 4 is 22.9 Å². The lowest BCUT2D eigenvalue weighted by molar-refractivity contribution is 0.0771. The fourth-order valence-electron chi connectivity index (χ4n) is 3.51. The average Bonchev–Trinajstić information content (AvgIpc) is 2.99. The zero-order valence-corrected chi connectivity index (χ0v) is 17.5. The second-order valence-corrected chi connectivity index (χ2v) is 7.98. The van der Waals surface area contributed by atoms with Gasteiger partial charge in [0.1, 0.15) is 15.6 Å². The molecule has 3 aromatic rings. The molecule has 1 aliphatic heterocycles. The van der Waals surface area contributed by atoms with Crippen LogP contribution in [0.15, 0.2) is 48.7 Å². The largest absolute Gasteiger partial charge is 0.497 e. The highest BCUT2D eigenvalue weighted by Crippen LogP contribution is 2.28. The summed E-state index contributed by atoms with van der Waals surface area (Å²) in [6, 6.07) is 13.8. The van der Waals surface area contributed by atoms with Gasteiger partial charge in [-0.25, -0.2) is 4.98 Å². The minimum Gasteiger partial charge on any atom is -0.497 e. The van der Waals surface area contributed by atoms with Gasteiger partial charge in [-0.3, -0.25) is 9.78 Å². The molecule has 1 aliphatic rings. The first-order chi connectivity index (χ1) is 14.2. The number of hydrogen-bond acceptors (Lipinski definition) is 6. The van der Waals surface area contributed by atoms with Crippen molar-refractivity contribution in [2.75, 3.05) is 38.2 Å². The quantitative estimate of drug-likeness (QED) is 0.656. The maximum atomic E-state index is 13.2. The maximum Gasteiger partial charge on any atom is 0.265 e. The predicted octanol–water partition coefficient (Wildman–Crippen LogP) is 3.87. The molecule has 29 heavy (non-hydrogen) atoms. The number of thiazole rings is 1. The summed E-state index contributed by atoms with van der Waals surface area (Å²) in [4.78, 5) is 27.1. The van der Waals surface area contributed by atoms with Crippen molar-refractivity contribution in [3.05, 3.63) is 59.2 Å². The standard InChI is InChI=1S/C22H24N4O2S/c1-16-20(29-21(24-16)19-6-3-4-11-23-19)22(27)26-13-5-12-25(14-15-26)17-7-9-18(28-2)10-8-17/h3-4,6-11H,5,12-15H2,1-2H3. The fraction of sp³-hybridized carbons (Fsp3) is 0.318. The van der Waals surface area contributed by atoms with Crippen LogP contribution in [0.1, 0.15) is 21.8 Å². The number of aromatic nitrogens is 2. The van der Waals surface area contributed by atoms with Crippen LogP contribution >= 0.6 is 11.3 Å². The Balaban J connectivity index is 1.46. The third kappa shape index (κ3) is 4.24. The summed E-state index contributed by atoms with van der Waals surface area (Å²) in [6.07, 6.45) is 2.68. The van der Waals surface area contributed by atoms with Crippen molar-refractivity contribution in [3.63, 3.8) is 0 Å². The number of aryl methyl sites for hydroxylation is 1. The van der Waals surface area contributed by atoms with Gasteiger partial charge in [-0.05, 0) is 49.7 Å². The molecule has 1 saturated heterocycles. The van der Waals surface area contributed by atoms with E-state index in [1.54, 1.807) is 13.3 Å². The van der Waals surface area contributed by atoms with E-state index in [0.717, 1.165) is 53.9 Å². The van der Waals surface area contributed by atoms with Crippen LogP contribution in [-0.2, 0) is 0 Å². The number of benzene rings is 1. The van der Waals surface area contributed by atoms with Crippen molar-refractivity contribution in [2.45, 2.75) is 13.3 Å². The summed E-state index contributed by atoms with van der Waals surface area (Å²) < 4.78 is 5.24. The Morgan fingerprint density at radius 2 is 1.90 bits per heavy atom. The third-order valence-corrected chi connectivity index (χ3v) is 6.26. The van der Waals surface area contributed by atoms with Gasteiger partial charge in [0.15, 0.2) is 0 Å². The molecule has 0 bridgehead atoms. The molecule has 0 unspecified atom stereocenters. The van der Waals surface area contributed by atoms with Gasteiger partial charge in [0.25, 0.3) is 5.91 Å². The van der Waals surface area contributed by atoms with Gasteiger partial charge in [0, 0.05) is 38.1 Å². The molecule has 0 N–H and O–H groups in total. The van der Waals surface area contributed by atoms with Gasteiger partial charge in [0.05, 0.1) is 18.5 Å². The van der Waals surface area contributed by atoms with E-state index in [-0.39, 0.29) is 5.91 Å². The Morgan fingerprint density at radius 1 is 1.07 bits per heavy atom. The second-order valence-electron chi connectivity index (χ2n) is 6.98. The van der Waals surface area contributed by atoms with Crippen LogP contribution in [0.2, 0.25) is 0 Å². The molecule has 0 aliphatic carbocycles. The first kappa shape index (κ1) is 19.4. The maximum absolute atomic E-state index is 13.2. The molecule has 0 saturated carbocycles. The fourth-order valence-corrected chi connectivity index (χ4v) is 4.52. The molecule has 150 valence electrons. The van der Waals surface area contributed by atoms with Gasteiger partial charge < -0.3 is 14.5 Å². The molecular weight excluding hydrogens is 384 g/mol. The van der Waals surface area contributed by atoms with Gasteiger partial charge in [-0.2, -0.15) is 0 Å². The number of pyridine rings is 1. The number of nitrogens with zero attached hydrogens (tertiary/aromatic N) is 4. The van der Waals surface area contributed by atoms with Crippen molar-refractivity contribution in [3.8, 4) is 16.5 Å². The van der Waals surface area contributed by atoms with Gasteiger partial charge in [-0.15, -0.1) is 11.3 Å². The number of anilines is 1. The number of rotatable bonds is 4. The first-order valence-corrected chi connectivity index (χ1v) is 10.5. The predicted molar refractivity (Wildman–Crippen MR) is 116 cm³/mol. The van der Waals surface area contributed by atoms with E-state index in [4.69, 9.17) is 4.74 Å². The lowest BCUT2D eigenvalue weighted by Gasteiger charge is -2.23. The second kappa shape index (κ2) is 8.61. The van der Waals surface area contributed by atoms with Crippen molar-refractivity contribution < 1.29 is 9.53 Å². The Kier molecular flexibility index (Phi) is 5.76. The lowest BCUT2D eigenvalue weighted by Crippen LogP contribution is -2.35. The van der Waals surface area contributed by atoms with Crippen molar-refractivity contribution in [1.29, 1.82) is 0 Å². The number of methoxy groups -OCH3 is 1. The van der Waals surface area contributed by atoms with Crippen LogP contribution in [0.5, 0.6) is 5.75 Å². The summed E-state index contributed by atoms with van der Waals surface area (Å²) in [6.45, 7) is 5.08. The molecule has 3 heterocycles. The molecule has 0 radical (unpaired) electrons. The molecule has 1 amide bonds. The van der Waals surface area contributed by atoms with Crippen LogP contribution < -0.4 is 9.64 Å². The lowest BCUT2D eigenvalue weighted by atomic mass is 10.2. The smallest absolute Gasteiger partial charge is 0.265 e. The van der Waals surface area contributed by atoms with Crippen LogP contribution in [-0.4, -0.2) is 54.1 Å². The van der Waals surface area contributed by atoms with Crippen molar-refractivity contribution in [1.82, 2.24) is 14.9 Å². The zero-order chi connectivity index (χ0) is 20.2. The summed E-state index contributed by atoms with van der Waals surface area (Å²) in [5.74, 6) is 0.920. The van der Waals surface area contributed by atoms with E-state index < -0.39 is 0 Å². The molecule has 2 aromatic heterocycles. The highest BCUT2D eigenvalue weighted by Gasteiger charge is 2.24. The highest BCUT2D eigenvalue weighted by atomic mass is 32.1. The molecule has 7 heteroatoms. The van der Waals surface area contributed by atoms with Gasteiger partial charge in [-0.1, -0.05) is 6.07 Å². The molecule has 6 nitrogen and oxygen atoms in total. The van der Waals surface area contributed by atoms with E-state index >= 15 is 0 Å². The summed E-state index contributed by atoms with van der Waals surface area (Å²) >= 11 is 1.43. The van der Waals surface area contributed by atoms with Gasteiger partial charge in [0.2, 0.25) is 0 Å². The van der Waals surface area contributed by atoms with Crippen LogP contribution in [0.3, 0.4) is 0 Å². The Labute approximate surface area is 174 Å². The SMILES string of the molecule is COc1ccc(N2CCCN(C(=O)c3sc(-c4ccccn4)nc3C)CC2)cc1. The number of carbonyl (C=O) groups excluding carboxylic acids is 1. The van der Waals surface area contributed by atoms with E-state index in [2.05, 4.69) is 27.0 Å². The van der Waals surface area contributed by atoms with E-state index in [0.29, 0.717) is 11.4 Å². The van der Waals surface area contributed by atoms with Crippen LogP contribution in [0.25, 0.3) is 10.7 Å². The van der Waals surface area contributed by atoms with E-state index in [1.807, 2.05) is 42.2 Å². The summed E-state index contributed by atoms with van der Waals surface area (Å²) in [5.41, 5.74) is 2.74. The summed E-state index contributed by atoms with van der Waals surface area (Å²) in [7, 11) is 1.67.